The van der Waals surface area contributed by atoms with Gasteiger partial charge in [-0.3, -0.25) is 0 Å². The molecule has 2 rings (SSSR count). The first kappa shape index (κ1) is 12.4. The van der Waals surface area contributed by atoms with Crippen LogP contribution in [0.25, 0.3) is 0 Å². The molecule has 0 atom stereocenters. The van der Waals surface area contributed by atoms with Crippen LogP contribution in [0.3, 0.4) is 0 Å². The molecule has 2 aromatic rings. The van der Waals surface area contributed by atoms with Gasteiger partial charge in [-0.2, -0.15) is 4.80 Å². The molecule has 2 N–H and O–H groups in total. The molecule has 18 heavy (non-hydrogen) atoms. The Labute approximate surface area is 110 Å². The fourth-order valence-corrected chi connectivity index (χ4v) is 1.60. The van der Waals surface area contributed by atoms with Crippen molar-refractivity contribution in [2.45, 2.75) is 13.0 Å². The first-order chi connectivity index (χ1) is 8.63. The van der Waals surface area contributed by atoms with Crippen LogP contribution in [0.5, 0.6) is 5.75 Å². The minimum Gasteiger partial charge on any atom is -0.485 e. The van der Waals surface area contributed by atoms with Gasteiger partial charge in [0.1, 0.15) is 5.75 Å². The average Bonchev–Trinajstić information content (AvgIpc) is 2.74. The molecular formula is C11H13N5OS. The Balaban J connectivity index is 1.92. The number of aromatic nitrogens is 4. The van der Waals surface area contributed by atoms with Crippen molar-refractivity contribution in [1.82, 2.24) is 20.2 Å². The van der Waals surface area contributed by atoms with E-state index in [0.29, 0.717) is 23.8 Å². The zero-order chi connectivity index (χ0) is 13.0. The zero-order valence-corrected chi connectivity index (χ0v) is 10.7. The number of aryl methyl sites for hydroxylation is 1. The van der Waals surface area contributed by atoms with Gasteiger partial charge in [-0.25, -0.2) is 0 Å². The van der Waals surface area contributed by atoms with Gasteiger partial charge >= 0.3 is 0 Å². The molecule has 0 spiro atoms. The number of ether oxygens (including phenoxy) is 1. The Bertz CT molecular complexity index is 537. The Morgan fingerprint density at radius 1 is 1.39 bits per heavy atom. The maximum absolute atomic E-state index is 5.52. The molecule has 0 aliphatic carbocycles. The molecule has 6 nitrogen and oxygen atoms in total. The van der Waals surface area contributed by atoms with Crippen molar-refractivity contribution in [3.63, 3.8) is 0 Å². The molecule has 1 aromatic carbocycles. The lowest BCUT2D eigenvalue weighted by atomic mass is 10.1. The zero-order valence-electron chi connectivity index (χ0n) is 9.91. The van der Waals surface area contributed by atoms with Gasteiger partial charge in [-0.05, 0) is 22.9 Å². The van der Waals surface area contributed by atoms with Crippen LogP contribution in [0.15, 0.2) is 24.3 Å². The summed E-state index contributed by atoms with van der Waals surface area (Å²) in [7, 11) is 1.71. The third-order valence-electron chi connectivity index (χ3n) is 2.22. The van der Waals surface area contributed by atoms with Crippen LogP contribution in [0.2, 0.25) is 0 Å². The van der Waals surface area contributed by atoms with Gasteiger partial charge < -0.3 is 10.5 Å². The van der Waals surface area contributed by atoms with E-state index < -0.39 is 0 Å². The van der Waals surface area contributed by atoms with E-state index in [2.05, 4.69) is 15.4 Å². The Kier molecular flexibility index (Phi) is 3.83. The van der Waals surface area contributed by atoms with E-state index in [1.165, 1.54) is 4.80 Å². The summed E-state index contributed by atoms with van der Waals surface area (Å²) < 4.78 is 5.52. The van der Waals surface area contributed by atoms with E-state index in [1.54, 1.807) is 7.05 Å². The van der Waals surface area contributed by atoms with E-state index in [1.807, 2.05) is 24.3 Å². The summed E-state index contributed by atoms with van der Waals surface area (Å²) in [5, 5.41) is 11.6. The second-order valence-corrected chi connectivity index (χ2v) is 4.30. The molecule has 0 aliphatic heterocycles. The van der Waals surface area contributed by atoms with Crippen molar-refractivity contribution in [3.8, 4) is 5.75 Å². The molecular weight excluding hydrogens is 250 g/mol. The van der Waals surface area contributed by atoms with Crippen molar-refractivity contribution < 1.29 is 4.74 Å². The Morgan fingerprint density at radius 3 is 2.67 bits per heavy atom. The summed E-state index contributed by atoms with van der Waals surface area (Å²) in [6.07, 6.45) is 0.599. The van der Waals surface area contributed by atoms with Gasteiger partial charge in [0.2, 0.25) is 5.82 Å². The van der Waals surface area contributed by atoms with Crippen LogP contribution in [0, 0.1) is 0 Å². The fraction of sp³-hybridized carbons (Fsp3) is 0.273. The predicted octanol–water partition coefficient (Wildman–Crippen LogP) is 0.618. The average molecular weight is 263 g/mol. The molecule has 0 aliphatic rings. The summed E-state index contributed by atoms with van der Waals surface area (Å²) >= 11 is 4.85. The van der Waals surface area contributed by atoms with Crippen molar-refractivity contribution in [2.24, 2.45) is 12.8 Å². The number of rotatable bonds is 5. The smallest absolute Gasteiger partial charge is 0.212 e. The SMILES string of the molecule is Cn1nnc(COc2ccc(CC(N)=S)cc2)n1. The second kappa shape index (κ2) is 5.54. The van der Waals surface area contributed by atoms with Crippen molar-refractivity contribution in [1.29, 1.82) is 0 Å². The maximum atomic E-state index is 5.52. The molecule has 1 heterocycles. The monoisotopic (exact) mass is 263 g/mol. The highest BCUT2D eigenvalue weighted by atomic mass is 32.1. The number of hydrogen-bond donors (Lipinski definition) is 1. The summed E-state index contributed by atoms with van der Waals surface area (Å²) in [4.78, 5) is 1.87. The second-order valence-electron chi connectivity index (χ2n) is 3.77. The highest BCUT2D eigenvalue weighted by molar-refractivity contribution is 7.80. The normalized spacial score (nSPS) is 10.3. The van der Waals surface area contributed by atoms with E-state index in [9.17, 15) is 0 Å². The molecule has 0 unspecified atom stereocenters. The quantitative estimate of drug-likeness (QED) is 0.797. The molecule has 0 bridgehead atoms. The first-order valence-electron chi connectivity index (χ1n) is 5.36. The number of nitrogens with zero attached hydrogens (tertiary/aromatic N) is 4. The van der Waals surface area contributed by atoms with Gasteiger partial charge in [0.05, 0.1) is 12.0 Å². The lowest BCUT2D eigenvalue weighted by Gasteiger charge is -2.04. The minimum atomic E-state index is 0.294. The van der Waals surface area contributed by atoms with Crippen molar-refractivity contribution in [3.05, 3.63) is 35.7 Å². The van der Waals surface area contributed by atoms with Crippen LogP contribution in [0.4, 0.5) is 0 Å². The summed E-state index contributed by atoms with van der Waals surface area (Å²) in [5.74, 6) is 1.29. The fourth-order valence-electron chi connectivity index (χ4n) is 1.43. The molecule has 0 amide bonds. The van der Waals surface area contributed by atoms with E-state index in [4.69, 9.17) is 22.7 Å². The lowest BCUT2D eigenvalue weighted by molar-refractivity contribution is 0.295. The van der Waals surface area contributed by atoms with Gasteiger partial charge in [-0.15, -0.1) is 10.2 Å². The number of nitrogens with two attached hydrogens (primary N) is 1. The summed E-state index contributed by atoms with van der Waals surface area (Å²) in [6.45, 7) is 0.294. The molecule has 0 saturated heterocycles. The molecule has 7 heteroatoms. The Hall–Kier alpha value is -2.02. The Morgan fingerprint density at radius 2 is 2.11 bits per heavy atom. The minimum absolute atomic E-state index is 0.294. The molecule has 94 valence electrons. The molecule has 0 fully saturated rings. The van der Waals surface area contributed by atoms with Crippen molar-refractivity contribution >= 4 is 17.2 Å². The molecule has 0 saturated carbocycles. The lowest BCUT2D eigenvalue weighted by Crippen LogP contribution is -2.10. The summed E-state index contributed by atoms with van der Waals surface area (Å²) in [5.41, 5.74) is 6.54. The third kappa shape index (κ3) is 3.49. The topological polar surface area (TPSA) is 78.8 Å². The van der Waals surface area contributed by atoms with Crippen LogP contribution in [-0.2, 0) is 20.1 Å². The largest absolute Gasteiger partial charge is 0.485 e. The number of hydrogen-bond acceptors (Lipinski definition) is 5. The van der Waals surface area contributed by atoms with Crippen LogP contribution in [0.1, 0.15) is 11.4 Å². The maximum Gasteiger partial charge on any atom is 0.212 e. The van der Waals surface area contributed by atoms with E-state index in [0.717, 1.165) is 11.3 Å². The standard InChI is InChI=1S/C11H13N5OS/c1-16-14-11(13-15-16)7-17-9-4-2-8(3-5-9)6-10(12)18/h2-5H,6-7H2,1H3,(H2,12,18). The molecule has 1 aromatic heterocycles. The van der Waals surface area contributed by atoms with Gasteiger partial charge in [0.15, 0.2) is 6.61 Å². The number of benzene rings is 1. The van der Waals surface area contributed by atoms with Gasteiger partial charge in [0, 0.05) is 6.42 Å². The van der Waals surface area contributed by atoms with Crippen LogP contribution in [-0.4, -0.2) is 25.2 Å². The highest BCUT2D eigenvalue weighted by Crippen LogP contribution is 2.13. The van der Waals surface area contributed by atoms with E-state index in [-0.39, 0.29) is 0 Å². The predicted molar refractivity (Wildman–Crippen MR) is 70.1 cm³/mol. The number of tetrazole rings is 1. The molecule has 0 radical (unpaired) electrons. The third-order valence-corrected chi connectivity index (χ3v) is 2.36. The highest BCUT2D eigenvalue weighted by Gasteiger charge is 2.02. The number of thiocarbonyl (C=S) groups is 1. The van der Waals surface area contributed by atoms with Gasteiger partial charge in [-0.1, -0.05) is 24.4 Å². The first-order valence-corrected chi connectivity index (χ1v) is 5.77. The van der Waals surface area contributed by atoms with Crippen molar-refractivity contribution in [2.75, 3.05) is 0 Å². The van der Waals surface area contributed by atoms with Crippen LogP contribution < -0.4 is 10.5 Å². The summed E-state index contributed by atoms with van der Waals surface area (Å²) in [6, 6.07) is 7.59. The van der Waals surface area contributed by atoms with E-state index >= 15 is 0 Å². The van der Waals surface area contributed by atoms with Gasteiger partial charge in [0.25, 0.3) is 0 Å². The van der Waals surface area contributed by atoms with Crippen LogP contribution >= 0.6 is 12.2 Å².